The van der Waals surface area contributed by atoms with Crippen LogP contribution in [0.4, 0.5) is 0 Å². The Morgan fingerprint density at radius 2 is 1.38 bits per heavy atom. The molecule has 2 fully saturated rings. The summed E-state index contributed by atoms with van der Waals surface area (Å²) in [6.07, 6.45) is 0. The molecule has 1 saturated carbocycles. The third-order valence-corrected chi connectivity index (χ3v) is 5.47. The lowest BCUT2D eigenvalue weighted by Crippen LogP contribution is -2.36. The van der Waals surface area contributed by atoms with E-state index in [1.165, 1.54) is 11.1 Å². The van der Waals surface area contributed by atoms with Gasteiger partial charge in [-0.05, 0) is 23.0 Å². The Morgan fingerprint density at radius 1 is 0.917 bits per heavy atom. The van der Waals surface area contributed by atoms with Crippen LogP contribution in [0.15, 0.2) is 60.7 Å². The number of nitrogens with zero attached hydrogens (tertiary/aromatic N) is 2. The average molecular weight is 320 g/mol. The molecular formula is C21H24N2O. The first-order valence-corrected chi connectivity index (χ1v) is 8.80. The number of likely N-dealkylation sites (tertiary alicyclic amines) is 1. The van der Waals surface area contributed by atoms with Crippen molar-refractivity contribution in [1.29, 1.82) is 0 Å². The molecular weight excluding hydrogens is 296 g/mol. The molecule has 0 N–H and O–H groups in total. The van der Waals surface area contributed by atoms with Crippen molar-refractivity contribution >= 4 is 5.91 Å². The molecule has 3 atom stereocenters. The highest BCUT2D eigenvalue weighted by Crippen LogP contribution is 2.49. The van der Waals surface area contributed by atoms with Gasteiger partial charge in [0.2, 0.25) is 5.91 Å². The first-order chi connectivity index (χ1) is 11.7. The Hall–Kier alpha value is -2.13. The van der Waals surface area contributed by atoms with Crippen LogP contribution in [-0.2, 0) is 17.9 Å². The Morgan fingerprint density at radius 3 is 1.79 bits per heavy atom. The summed E-state index contributed by atoms with van der Waals surface area (Å²) >= 11 is 0. The predicted molar refractivity (Wildman–Crippen MR) is 95.2 cm³/mol. The number of carbonyl (C=O) groups is 1. The van der Waals surface area contributed by atoms with E-state index in [9.17, 15) is 4.79 Å². The molecule has 4 rings (SSSR count). The molecule has 3 nitrogen and oxygen atoms in total. The van der Waals surface area contributed by atoms with Crippen LogP contribution >= 0.6 is 0 Å². The van der Waals surface area contributed by atoms with Gasteiger partial charge in [-0.3, -0.25) is 9.69 Å². The Labute approximate surface area is 143 Å². The van der Waals surface area contributed by atoms with Crippen LogP contribution in [0.5, 0.6) is 0 Å². The van der Waals surface area contributed by atoms with Crippen molar-refractivity contribution in [2.75, 3.05) is 13.1 Å². The maximum atomic E-state index is 11.6. The zero-order chi connectivity index (χ0) is 16.5. The zero-order valence-corrected chi connectivity index (χ0v) is 14.1. The van der Waals surface area contributed by atoms with Gasteiger partial charge in [-0.25, -0.2) is 0 Å². The topological polar surface area (TPSA) is 23.6 Å². The van der Waals surface area contributed by atoms with Gasteiger partial charge in [0.05, 0.1) is 0 Å². The monoisotopic (exact) mass is 320 g/mol. The fourth-order valence-corrected chi connectivity index (χ4v) is 4.20. The van der Waals surface area contributed by atoms with Gasteiger partial charge >= 0.3 is 0 Å². The van der Waals surface area contributed by atoms with E-state index >= 15 is 0 Å². The summed E-state index contributed by atoms with van der Waals surface area (Å²) in [7, 11) is 0. The summed E-state index contributed by atoms with van der Waals surface area (Å²) in [4.78, 5) is 16.2. The summed E-state index contributed by atoms with van der Waals surface area (Å²) in [6, 6.07) is 22.0. The Balaban J connectivity index is 1.49. The highest BCUT2D eigenvalue weighted by Gasteiger charge is 2.58. The maximum absolute atomic E-state index is 11.6. The molecule has 1 aliphatic carbocycles. The van der Waals surface area contributed by atoms with E-state index in [4.69, 9.17) is 0 Å². The molecule has 3 heteroatoms. The Kier molecular flexibility index (Phi) is 4.11. The van der Waals surface area contributed by atoms with Crippen LogP contribution in [0.2, 0.25) is 0 Å². The molecule has 2 aromatic carbocycles. The zero-order valence-electron chi connectivity index (χ0n) is 14.1. The third-order valence-electron chi connectivity index (χ3n) is 5.47. The van der Waals surface area contributed by atoms with Crippen molar-refractivity contribution in [2.45, 2.75) is 26.1 Å². The van der Waals surface area contributed by atoms with Gasteiger partial charge in [-0.1, -0.05) is 60.7 Å². The highest BCUT2D eigenvalue weighted by atomic mass is 16.2. The van der Waals surface area contributed by atoms with E-state index in [1.807, 2.05) is 4.90 Å². The molecule has 1 aliphatic heterocycles. The van der Waals surface area contributed by atoms with E-state index in [0.29, 0.717) is 17.9 Å². The number of carbonyl (C=O) groups excluding carboxylic acids is 1. The lowest BCUT2D eigenvalue weighted by molar-refractivity contribution is -0.128. The molecule has 0 aromatic heterocycles. The number of amides is 1. The molecule has 2 aromatic rings. The molecule has 2 aliphatic rings. The second-order valence-corrected chi connectivity index (χ2v) is 7.12. The largest absolute Gasteiger partial charge is 0.342 e. The molecule has 1 heterocycles. The molecule has 1 unspecified atom stereocenters. The smallest absolute Gasteiger partial charge is 0.219 e. The van der Waals surface area contributed by atoms with Gasteiger partial charge in [0, 0.05) is 39.1 Å². The number of piperidine rings is 1. The van der Waals surface area contributed by atoms with Gasteiger partial charge in [0.1, 0.15) is 0 Å². The van der Waals surface area contributed by atoms with Crippen LogP contribution in [0.3, 0.4) is 0 Å². The summed E-state index contributed by atoms with van der Waals surface area (Å²) in [5, 5.41) is 0. The van der Waals surface area contributed by atoms with Crippen molar-refractivity contribution in [3.8, 4) is 0 Å². The minimum Gasteiger partial charge on any atom is -0.342 e. The molecule has 1 saturated heterocycles. The minimum atomic E-state index is 0.221. The summed E-state index contributed by atoms with van der Waals surface area (Å²) in [6.45, 7) is 5.52. The first-order valence-electron chi connectivity index (χ1n) is 8.80. The van der Waals surface area contributed by atoms with E-state index in [1.54, 1.807) is 6.92 Å². The number of hydrogen-bond acceptors (Lipinski definition) is 2. The highest BCUT2D eigenvalue weighted by molar-refractivity contribution is 5.74. The van der Waals surface area contributed by atoms with E-state index in [-0.39, 0.29) is 5.91 Å². The summed E-state index contributed by atoms with van der Waals surface area (Å²) in [5.41, 5.74) is 2.73. The second kappa shape index (κ2) is 6.40. The van der Waals surface area contributed by atoms with E-state index in [0.717, 1.165) is 26.2 Å². The number of rotatable bonds is 5. The van der Waals surface area contributed by atoms with Gasteiger partial charge in [0.15, 0.2) is 0 Å². The van der Waals surface area contributed by atoms with Gasteiger partial charge in [-0.15, -0.1) is 0 Å². The molecule has 0 spiro atoms. The average Bonchev–Trinajstić information content (AvgIpc) is 3.09. The van der Waals surface area contributed by atoms with Crippen LogP contribution in [0.1, 0.15) is 18.1 Å². The van der Waals surface area contributed by atoms with Crippen LogP contribution in [0.25, 0.3) is 0 Å². The lowest BCUT2D eigenvalue weighted by Gasteiger charge is -2.27. The minimum absolute atomic E-state index is 0.221. The Bertz CT molecular complexity index is 647. The molecule has 0 bridgehead atoms. The van der Waals surface area contributed by atoms with Crippen molar-refractivity contribution in [2.24, 2.45) is 11.8 Å². The van der Waals surface area contributed by atoms with Crippen molar-refractivity contribution in [3.63, 3.8) is 0 Å². The predicted octanol–water partition coefficient (Wildman–Crippen LogP) is 3.17. The quantitative estimate of drug-likeness (QED) is 0.845. The number of fused-ring (bicyclic) bond motifs is 1. The van der Waals surface area contributed by atoms with Crippen molar-refractivity contribution in [3.05, 3.63) is 71.8 Å². The second-order valence-electron chi connectivity index (χ2n) is 7.12. The van der Waals surface area contributed by atoms with Crippen molar-refractivity contribution < 1.29 is 4.79 Å². The first kappa shape index (κ1) is 15.4. The number of hydrogen-bond donors (Lipinski definition) is 0. The molecule has 24 heavy (non-hydrogen) atoms. The fourth-order valence-electron chi connectivity index (χ4n) is 4.20. The number of benzene rings is 2. The van der Waals surface area contributed by atoms with Crippen LogP contribution in [-0.4, -0.2) is 34.8 Å². The third kappa shape index (κ3) is 3.09. The van der Waals surface area contributed by atoms with Crippen LogP contribution < -0.4 is 0 Å². The molecule has 0 radical (unpaired) electrons. The lowest BCUT2D eigenvalue weighted by atomic mass is 10.1. The molecule has 1 amide bonds. The summed E-state index contributed by atoms with van der Waals surface area (Å²) < 4.78 is 0. The van der Waals surface area contributed by atoms with Gasteiger partial charge in [0.25, 0.3) is 0 Å². The summed E-state index contributed by atoms with van der Waals surface area (Å²) in [5.74, 6) is 1.53. The fraction of sp³-hybridized carbons (Fsp3) is 0.381. The molecule has 124 valence electrons. The maximum Gasteiger partial charge on any atom is 0.219 e. The van der Waals surface area contributed by atoms with Gasteiger partial charge < -0.3 is 4.90 Å². The standard InChI is InChI=1S/C21H24N2O/c1-16(24)22-14-19-20(15-22)21(19)23(12-17-8-4-2-5-9-17)13-18-10-6-3-7-11-18/h2-11,19-21H,12-15H2,1H3/t19-,20+,21?. The normalized spacial score (nSPS) is 24.9. The SMILES string of the molecule is CC(=O)N1C[C@@H]2C(N(Cc3ccccc3)Cc3ccccc3)[C@@H]2C1. The van der Waals surface area contributed by atoms with Crippen molar-refractivity contribution in [1.82, 2.24) is 9.80 Å². The van der Waals surface area contributed by atoms with E-state index < -0.39 is 0 Å². The van der Waals surface area contributed by atoms with Crippen LogP contribution in [0, 0.1) is 11.8 Å². The van der Waals surface area contributed by atoms with E-state index in [2.05, 4.69) is 65.6 Å². The van der Waals surface area contributed by atoms with Gasteiger partial charge in [-0.2, -0.15) is 0 Å².